The number of esters is 1. The quantitative estimate of drug-likeness (QED) is 0.426. The third-order valence-electron chi connectivity index (χ3n) is 4.99. The summed E-state index contributed by atoms with van der Waals surface area (Å²) in [5.74, 6) is -0.456. The van der Waals surface area contributed by atoms with Crippen molar-refractivity contribution >= 4 is 17.8 Å². The van der Waals surface area contributed by atoms with Crippen LogP contribution >= 0.6 is 0 Å². The van der Waals surface area contributed by atoms with Crippen molar-refractivity contribution in [2.24, 2.45) is 23.7 Å². The van der Waals surface area contributed by atoms with Gasteiger partial charge >= 0.3 is 5.97 Å². The van der Waals surface area contributed by atoms with Crippen LogP contribution in [-0.2, 0) is 19.1 Å². The summed E-state index contributed by atoms with van der Waals surface area (Å²) in [5, 5.41) is 0. The molecule has 0 aromatic carbocycles. The minimum atomic E-state index is -0.361. The number of allylic oxidation sites excluding steroid dienone is 2. The lowest BCUT2D eigenvalue weighted by Gasteiger charge is -2.24. The molecule has 1 heterocycles. The van der Waals surface area contributed by atoms with Gasteiger partial charge in [-0.2, -0.15) is 0 Å². The van der Waals surface area contributed by atoms with Crippen LogP contribution in [0.5, 0.6) is 0 Å². The number of nitrogens with zero attached hydrogens (tertiary/aromatic N) is 1. The Morgan fingerprint density at radius 3 is 2.48 bits per heavy atom. The van der Waals surface area contributed by atoms with Gasteiger partial charge in [0.2, 0.25) is 11.8 Å². The normalized spacial score (nSPS) is 32.7. The molecule has 1 saturated carbocycles. The first-order valence-electron chi connectivity index (χ1n) is 8.00. The van der Waals surface area contributed by atoms with Crippen molar-refractivity contribution in [3.05, 3.63) is 37.0 Å². The summed E-state index contributed by atoms with van der Waals surface area (Å²) in [6.45, 7) is 5.19. The molecule has 2 fully saturated rings. The average Bonchev–Trinajstić information content (AvgIpc) is 3.17. The van der Waals surface area contributed by atoms with E-state index in [1.807, 2.05) is 0 Å². The molecule has 0 spiro atoms. The predicted molar refractivity (Wildman–Crippen MR) is 83.9 cm³/mol. The molecule has 5 nitrogen and oxygen atoms in total. The van der Waals surface area contributed by atoms with Crippen LogP contribution in [0.25, 0.3) is 0 Å². The molecule has 0 N–H and O–H groups in total. The van der Waals surface area contributed by atoms with Gasteiger partial charge in [-0.3, -0.25) is 19.3 Å². The number of carbonyl (C=O) groups excluding carboxylic acids is 3. The topological polar surface area (TPSA) is 63.7 Å². The molecule has 3 rings (SSSR count). The van der Waals surface area contributed by atoms with Crippen molar-refractivity contribution in [1.82, 2.24) is 4.90 Å². The average molecular weight is 315 g/mol. The Labute approximate surface area is 135 Å². The van der Waals surface area contributed by atoms with Crippen molar-refractivity contribution in [1.29, 1.82) is 0 Å². The second-order valence-corrected chi connectivity index (χ2v) is 6.37. The second kappa shape index (κ2) is 6.14. The molecule has 2 aliphatic carbocycles. The van der Waals surface area contributed by atoms with Gasteiger partial charge in [0.1, 0.15) is 6.61 Å². The Morgan fingerprint density at radius 1 is 1.35 bits per heavy atom. The first kappa shape index (κ1) is 15.7. The molecule has 2 amide bonds. The Kier molecular flexibility index (Phi) is 4.20. The molecule has 1 saturated heterocycles. The maximum absolute atomic E-state index is 12.8. The number of imide groups is 1. The Hall–Kier alpha value is -2.17. The molecule has 0 aromatic heterocycles. The zero-order chi connectivity index (χ0) is 16.6. The first-order chi connectivity index (χ1) is 11.0. The van der Waals surface area contributed by atoms with Gasteiger partial charge in [-0.1, -0.05) is 24.3 Å². The number of hydrogen-bond donors (Lipinski definition) is 0. The minimum absolute atomic E-state index is 0.0687. The standard InChI is InChI=1S/C18H21NO4/c1-3-5-14(6-4-9-23-11(2)20)19-17(21)15-12-7-8-13(10-12)16(15)18(19)22/h3-4,6-8,12-16H,1,5,9-10H2,2H3/b6-4-. The summed E-state index contributed by atoms with van der Waals surface area (Å²) in [4.78, 5) is 37.7. The van der Waals surface area contributed by atoms with E-state index in [2.05, 4.69) is 18.7 Å². The number of amides is 2. The molecule has 23 heavy (non-hydrogen) atoms. The Morgan fingerprint density at radius 2 is 1.96 bits per heavy atom. The van der Waals surface area contributed by atoms with Crippen molar-refractivity contribution in [2.75, 3.05) is 6.61 Å². The van der Waals surface area contributed by atoms with Gasteiger partial charge in [0, 0.05) is 6.92 Å². The van der Waals surface area contributed by atoms with Crippen LogP contribution in [0.3, 0.4) is 0 Å². The second-order valence-electron chi connectivity index (χ2n) is 6.37. The molecule has 122 valence electrons. The van der Waals surface area contributed by atoms with Crippen LogP contribution < -0.4 is 0 Å². The van der Waals surface area contributed by atoms with E-state index in [1.165, 1.54) is 11.8 Å². The van der Waals surface area contributed by atoms with Crippen LogP contribution in [0.4, 0.5) is 0 Å². The van der Waals surface area contributed by atoms with Crippen molar-refractivity contribution in [3.63, 3.8) is 0 Å². The van der Waals surface area contributed by atoms with Gasteiger partial charge in [-0.05, 0) is 30.8 Å². The first-order valence-corrected chi connectivity index (χ1v) is 8.00. The third-order valence-corrected chi connectivity index (χ3v) is 4.99. The van der Waals surface area contributed by atoms with Gasteiger partial charge in [0.15, 0.2) is 0 Å². The number of carbonyl (C=O) groups is 3. The summed E-state index contributed by atoms with van der Waals surface area (Å²) in [5.41, 5.74) is 0. The molecule has 2 bridgehead atoms. The maximum atomic E-state index is 12.8. The summed E-state index contributed by atoms with van der Waals surface area (Å²) >= 11 is 0. The summed E-state index contributed by atoms with van der Waals surface area (Å²) < 4.78 is 4.86. The van der Waals surface area contributed by atoms with Crippen LogP contribution in [-0.4, -0.2) is 35.3 Å². The number of hydrogen-bond acceptors (Lipinski definition) is 4. The fraction of sp³-hybridized carbons (Fsp3) is 0.500. The van der Waals surface area contributed by atoms with Gasteiger partial charge in [0.25, 0.3) is 0 Å². The van der Waals surface area contributed by atoms with E-state index in [9.17, 15) is 14.4 Å². The fourth-order valence-corrected chi connectivity index (χ4v) is 4.07. The molecule has 0 radical (unpaired) electrons. The molecular weight excluding hydrogens is 294 g/mol. The van der Waals surface area contributed by atoms with E-state index in [-0.39, 0.29) is 54.1 Å². The Bertz CT molecular complexity index is 576. The molecule has 0 aromatic rings. The largest absolute Gasteiger partial charge is 0.462 e. The lowest BCUT2D eigenvalue weighted by atomic mass is 9.85. The molecule has 5 unspecified atom stereocenters. The zero-order valence-electron chi connectivity index (χ0n) is 13.2. The van der Waals surface area contributed by atoms with E-state index < -0.39 is 0 Å². The highest BCUT2D eigenvalue weighted by Crippen LogP contribution is 2.53. The van der Waals surface area contributed by atoms with E-state index in [4.69, 9.17) is 4.74 Å². The number of ether oxygens (including phenoxy) is 1. The third kappa shape index (κ3) is 2.64. The highest BCUT2D eigenvalue weighted by Gasteiger charge is 2.60. The van der Waals surface area contributed by atoms with Crippen molar-refractivity contribution in [3.8, 4) is 0 Å². The molecule has 3 aliphatic rings. The Balaban J connectivity index is 1.75. The summed E-state index contributed by atoms with van der Waals surface area (Å²) in [6.07, 6.45) is 10.7. The van der Waals surface area contributed by atoms with Crippen LogP contribution in [0.1, 0.15) is 19.8 Å². The maximum Gasteiger partial charge on any atom is 0.302 e. The van der Waals surface area contributed by atoms with Crippen LogP contribution in [0.15, 0.2) is 37.0 Å². The van der Waals surface area contributed by atoms with Gasteiger partial charge in [-0.25, -0.2) is 0 Å². The van der Waals surface area contributed by atoms with E-state index in [0.29, 0.717) is 6.42 Å². The van der Waals surface area contributed by atoms with E-state index in [1.54, 1.807) is 18.2 Å². The van der Waals surface area contributed by atoms with Crippen molar-refractivity contribution < 1.29 is 19.1 Å². The van der Waals surface area contributed by atoms with E-state index >= 15 is 0 Å². The van der Waals surface area contributed by atoms with E-state index in [0.717, 1.165) is 6.42 Å². The number of rotatable bonds is 6. The lowest BCUT2D eigenvalue weighted by molar-refractivity contribution is -0.143. The highest BCUT2D eigenvalue weighted by atomic mass is 16.5. The van der Waals surface area contributed by atoms with Gasteiger partial charge < -0.3 is 4.74 Å². The lowest BCUT2D eigenvalue weighted by Crippen LogP contribution is -2.40. The molecule has 1 aliphatic heterocycles. The predicted octanol–water partition coefficient (Wildman–Crippen LogP) is 1.86. The van der Waals surface area contributed by atoms with Crippen LogP contribution in [0, 0.1) is 23.7 Å². The minimum Gasteiger partial charge on any atom is -0.462 e. The number of likely N-dealkylation sites (tertiary alicyclic amines) is 1. The highest BCUT2D eigenvalue weighted by molar-refractivity contribution is 6.06. The van der Waals surface area contributed by atoms with Crippen LogP contribution in [0.2, 0.25) is 0 Å². The SMILES string of the molecule is C=CCC(/C=C\COC(C)=O)N1C(=O)C2C3C=CC(C3)C2C1=O. The van der Waals surface area contributed by atoms with Crippen molar-refractivity contribution in [2.45, 2.75) is 25.8 Å². The summed E-state index contributed by atoms with van der Waals surface area (Å²) in [6, 6.07) is -0.354. The molecule has 5 atom stereocenters. The number of fused-ring (bicyclic) bond motifs is 5. The fourth-order valence-electron chi connectivity index (χ4n) is 4.07. The zero-order valence-corrected chi connectivity index (χ0v) is 13.2. The smallest absolute Gasteiger partial charge is 0.302 e. The summed E-state index contributed by atoms with van der Waals surface area (Å²) in [7, 11) is 0. The monoisotopic (exact) mass is 315 g/mol. The molecular formula is C18H21NO4. The molecule has 5 heteroatoms. The van der Waals surface area contributed by atoms with Gasteiger partial charge in [0.05, 0.1) is 17.9 Å². The van der Waals surface area contributed by atoms with Gasteiger partial charge in [-0.15, -0.1) is 6.58 Å².